The molecule has 1 N–H and O–H groups in total. The van der Waals surface area contributed by atoms with Gasteiger partial charge in [0.1, 0.15) is 5.01 Å². The summed E-state index contributed by atoms with van der Waals surface area (Å²) in [6.07, 6.45) is 0. The molecule has 0 aliphatic carbocycles. The van der Waals surface area contributed by atoms with Gasteiger partial charge in [-0.25, -0.2) is 4.98 Å². The molecule has 2 aromatic heterocycles. The predicted octanol–water partition coefficient (Wildman–Crippen LogP) is 3.44. The third-order valence-corrected chi connectivity index (χ3v) is 5.38. The van der Waals surface area contributed by atoms with Crippen LogP contribution in [-0.2, 0) is 10.5 Å². The van der Waals surface area contributed by atoms with Crippen molar-refractivity contribution in [1.82, 2.24) is 14.6 Å². The molecular weight excluding hydrogens is 393 g/mol. The predicted molar refractivity (Wildman–Crippen MR) is 96.4 cm³/mol. The van der Waals surface area contributed by atoms with E-state index in [2.05, 4.69) is 10.1 Å². The Bertz CT molecular complexity index is 987. The molecule has 0 saturated carbocycles. The quantitative estimate of drug-likeness (QED) is 0.704. The first-order chi connectivity index (χ1) is 11.4. The topological polar surface area (TPSA) is 84.6 Å². The second kappa shape index (κ2) is 7.10. The fourth-order valence-corrected chi connectivity index (χ4v) is 4.10. The molecule has 6 nitrogen and oxygen atoms in total. The van der Waals surface area contributed by atoms with E-state index in [1.165, 1.54) is 33.7 Å². The molecule has 0 atom stereocenters. The summed E-state index contributed by atoms with van der Waals surface area (Å²) in [6.45, 7) is 0. The van der Waals surface area contributed by atoms with E-state index < -0.39 is 5.97 Å². The van der Waals surface area contributed by atoms with Crippen LogP contribution in [0.25, 0.3) is 15.5 Å². The second-order valence-electron chi connectivity index (χ2n) is 4.70. The zero-order valence-electron chi connectivity index (χ0n) is 11.9. The first kappa shape index (κ1) is 17.2. The lowest BCUT2D eigenvalue weighted by Crippen LogP contribution is -2.15. The SMILES string of the molecule is O=C(O)CSCc1cc(=O)n2nc(-c3ccc(Cl)cc3Cl)sc2n1. The van der Waals surface area contributed by atoms with E-state index >= 15 is 0 Å². The number of carboxylic acid groups (broad SMARTS) is 1. The zero-order valence-corrected chi connectivity index (χ0v) is 15.0. The lowest BCUT2D eigenvalue weighted by Gasteiger charge is -1.99. The largest absolute Gasteiger partial charge is 0.481 e. The van der Waals surface area contributed by atoms with Crippen LogP contribution in [0.2, 0.25) is 10.0 Å². The van der Waals surface area contributed by atoms with Gasteiger partial charge in [-0.05, 0) is 18.2 Å². The molecule has 0 saturated heterocycles. The molecule has 1 aromatic carbocycles. The average Bonchev–Trinajstić information content (AvgIpc) is 2.91. The van der Waals surface area contributed by atoms with Crippen molar-refractivity contribution in [2.24, 2.45) is 0 Å². The van der Waals surface area contributed by atoms with Crippen LogP contribution in [0.4, 0.5) is 0 Å². The van der Waals surface area contributed by atoms with Gasteiger partial charge in [-0.1, -0.05) is 34.5 Å². The zero-order chi connectivity index (χ0) is 17.3. The fraction of sp³-hybridized carbons (Fsp3) is 0.143. The second-order valence-corrected chi connectivity index (χ2v) is 7.48. The number of halogens is 2. The van der Waals surface area contributed by atoms with Crippen LogP contribution in [-0.4, -0.2) is 31.4 Å². The monoisotopic (exact) mass is 401 g/mol. The van der Waals surface area contributed by atoms with Gasteiger partial charge >= 0.3 is 5.97 Å². The van der Waals surface area contributed by atoms with Gasteiger partial charge in [-0.15, -0.1) is 11.8 Å². The molecule has 24 heavy (non-hydrogen) atoms. The van der Waals surface area contributed by atoms with Crippen LogP contribution in [0.15, 0.2) is 29.1 Å². The highest BCUT2D eigenvalue weighted by Gasteiger charge is 2.13. The minimum absolute atomic E-state index is 0.0463. The summed E-state index contributed by atoms with van der Waals surface area (Å²) >= 11 is 14.5. The Labute approximate surface area is 154 Å². The minimum atomic E-state index is -0.907. The molecule has 0 aliphatic rings. The summed E-state index contributed by atoms with van der Waals surface area (Å²) in [5, 5.41) is 14.4. The van der Waals surface area contributed by atoms with Gasteiger partial charge in [0.15, 0.2) is 0 Å². The van der Waals surface area contributed by atoms with E-state index in [1.54, 1.807) is 18.2 Å². The van der Waals surface area contributed by atoms with Crippen LogP contribution < -0.4 is 5.56 Å². The summed E-state index contributed by atoms with van der Waals surface area (Å²) in [5.74, 6) is -0.613. The number of carboxylic acids is 1. The van der Waals surface area contributed by atoms with Gasteiger partial charge in [0, 0.05) is 22.4 Å². The number of carbonyl (C=O) groups is 1. The standard InChI is InChI=1S/C14H9Cl2N3O3S2/c15-7-1-2-9(10(16)3-7)13-18-19-11(20)4-8(17-14(19)24-13)5-23-6-12(21)22/h1-4H,5-6H2,(H,21,22). The number of fused-ring (bicyclic) bond motifs is 1. The molecule has 0 amide bonds. The Kier molecular flexibility index (Phi) is 5.09. The minimum Gasteiger partial charge on any atom is -0.481 e. The van der Waals surface area contributed by atoms with Gasteiger partial charge in [-0.2, -0.15) is 9.61 Å². The first-order valence-electron chi connectivity index (χ1n) is 6.59. The molecule has 0 unspecified atom stereocenters. The van der Waals surface area contributed by atoms with Gasteiger partial charge in [0.2, 0.25) is 4.96 Å². The Morgan fingerprint density at radius 1 is 1.33 bits per heavy atom. The summed E-state index contributed by atoms with van der Waals surface area (Å²) in [5.41, 5.74) is 0.861. The van der Waals surface area contributed by atoms with Gasteiger partial charge in [0.05, 0.1) is 16.5 Å². The molecule has 2 heterocycles. The van der Waals surface area contributed by atoms with Crippen molar-refractivity contribution in [3.8, 4) is 10.6 Å². The molecule has 0 bridgehead atoms. The maximum atomic E-state index is 12.2. The molecular formula is C14H9Cl2N3O3S2. The van der Waals surface area contributed by atoms with Crippen molar-refractivity contribution in [1.29, 1.82) is 0 Å². The number of aromatic nitrogens is 3. The number of aliphatic carboxylic acids is 1. The number of thioether (sulfide) groups is 1. The molecule has 10 heteroatoms. The normalized spacial score (nSPS) is 11.1. The summed E-state index contributed by atoms with van der Waals surface area (Å²) in [7, 11) is 0. The van der Waals surface area contributed by atoms with Crippen LogP contribution >= 0.6 is 46.3 Å². The average molecular weight is 402 g/mol. The molecule has 0 spiro atoms. The number of hydrogen-bond acceptors (Lipinski definition) is 6. The highest BCUT2D eigenvalue weighted by atomic mass is 35.5. The molecule has 124 valence electrons. The van der Waals surface area contributed by atoms with Crippen LogP contribution in [0.5, 0.6) is 0 Å². The van der Waals surface area contributed by atoms with Crippen LogP contribution in [0.3, 0.4) is 0 Å². The summed E-state index contributed by atoms with van der Waals surface area (Å²) < 4.78 is 1.20. The van der Waals surface area contributed by atoms with E-state index in [9.17, 15) is 9.59 Å². The summed E-state index contributed by atoms with van der Waals surface area (Å²) in [4.78, 5) is 27.5. The van der Waals surface area contributed by atoms with E-state index in [1.807, 2.05) is 0 Å². The van der Waals surface area contributed by atoms with Crippen molar-refractivity contribution in [2.45, 2.75) is 5.75 Å². The highest BCUT2D eigenvalue weighted by Crippen LogP contribution is 2.32. The Balaban J connectivity index is 1.97. The lowest BCUT2D eigenvalue weighted by molar-refractivity contribution is -0.133. The first-order valence-corrected chi connectivity index (χ1v) is 9.31. The van der Waals surface area contributed by atoms with E-state index in [-0.39, 0.29) is 11.3 Å². The van der Waals surface area contributed by atoms with Crippen molar-refractivity contribution >= 4 is 57.2 Å². The van der Waals surface area contributed by atoms with E-state index in [4.69, 9.17) is 28.3 Å². The number of benzene rings is 1. The Morgan fingerprint density at radius 3 is 2.83 bits per heavy atom. The fourth-order valence-electron chi connectivity index (χ4n) is 1.94. The molecule has 3 rings (SSSR count). The smallest absolute Gasteiger partial charge is 0.313 e. The van der Waals surface area contributed by atoms with Crippen molar-refractivity contribution in [3.63, 3.8) is 0 Å². The maximum Gasteiger partial charge on any atom is 0.313 e. The van der Waals surface area contributed by atoms with Gasteiger partial charge in [-0.3, -0.25) is 9.59 Å². The van der Waals surface area contributed by atoms with Crippen LogP contribution in [0.1, 0.15) is 5.69 Å². The van der Waals surface area contributed by atoms with E-state index in [0.717, 1.165) is 0 Å². The van der Waals surface area contributed by atoms with Crippen molar-refractivity contribution in [3.05, 3.63) is 50.4 Å². The Morgan fingerprint density at radius 2 is 2.12 bits per heavy atom. The lowest BCUT2D eigenvalue weighted by atomic mass is 10.2. The maximum absolute atomic E-state index is 12.2. The molecule has 3 aromatic rings. The molecule has 0 fully saturated rings. The third-order valence-electron chi connectivity index (χ3n) is 2.94. The van der Waals surface area contributed by atoms with E-state index in [0.29, 0.717) is 37.0 Å². The third kappa shape index (κ3) is 3.72. The van der Waals surface area contributed by atoms with Gasteiger partial charge in [0.25, 0.3) is 5.56 Å². The molecule has 0 radical (unpaired) electrons. The Hall–Kier alpha value is -1.61. The van der Waals surface area contributed by atoms with Crippen molar-refractivity contribution in [2.75, 3.05) is 5.75 Å². The van der Waals surface area contributed by atoms with Crippen LogP contribution in [0, 0.1) is 0 Å². The molecule has 0 aliphatic heterocycles. The highest BCUT2D eigenvalue weighted by molar-refractivity contribution is 7.99. The van der Waals surface area contributed by atoms with Crippen molar-refractivity contribution < 1.29 is 9.90 Å². The number of nitrogens with zero attached hydrogens (tertiary/aromatic N) is 3. The summed E-state index contributed by atoms with van der Waals surface area (Å²) in [6, 6.07) is 6.39. The number of rotatable bonds is 5. The van der Waals surface area contributed by atoms with Gasteiger partial charge < -0.3 is 5.11 Å². The number of hydrogen-bond donors (Lipinski definition) is 1.